The number of hydrogen-bond donors (Lipinski definition) is 1. The highest BCUT2D eigenvalue weighted by atomic mass is 16.5. The third-order valence-electron chi connectivity index (χ3n) is 3.32. The minimum atomic E-state index is 0.480. The Balaban J connectivity index is 1.53. The Bertz CT molecular complexity index is 543. The number of furan rings is 1. The smallest absolute Gasteiger partial charge is 0.146 e. The van der Waals surface area contributed by atoms with E-state index in [4.69, 9.17) is 9.15 Å². The highest BCUT2D eigenvalue weighted by Crippen LogP contribution is 2.21. The Morgan fingerprint density at radius 2 is 1.95 bits per heavy atom. The molecule has 1 aliphatic carbocycles. The van der Waals surface area contributed by atoms with Crippen molar-refractivity contribution in [3.8, 4) is 5.75 Å². The molecule has 1 saturated carbocycles. The number of nitrogens with one attached hydrogen (secondary N) is 1. The van der Waals surface area contributed by atoms with Gasteiger partial charge in [-0.1, -0.05) is 18.2 Å². The van der Waals surface area contributed by atoms with Crippen molar-refractivity contribution in [2.24, 2.45) is 0 Å². The number of aryl methyl sites for hydroxylation is 1. The molecule has 19 heavy (non-hydrogen) atoms. The molecule has 0 bridgehead atoms. The summed E-state index contributed by atoms with van der Waals surface area (Å²) in [5.74, 6) is 2.77. The SMILES string of the molecule is Cc1ccccc1OCc1ccc(CNC2CC2)o1. The number of benzene rings is 1. The van der Waals surface area contributed by atoms with Crippen molar-refractivity contribution in [3.05, 3.63) is 53.5 Å². The Morgan fingerprint density at radius 1 is 1.16 bits per heavy atom. The fraction of sp³-hybridized carbons (Fsp3) is 0.375. The monoisotopic (exact) mass is 257 g/mol. The average Bonchev–Trinajstić information content (AvgIpc) is 3.14. The summed E-state index contributed by atoms with van der Waals surface area (Å²) in [5, 5.41) is 3.43. The molecule has 1 heterocycles. The van der Waals surface area contributed by atoms with Crippen LogP contribution >= 0.6 is 0 Å². The van der Waals surface area contributed by atoms with Gasteiger partial charge in [-0.25, -0.2) is 0 Å². The van der Waals surface area contributed by atoms with Crippen molar-refractivity contribution < 1.29 is 9.15 Å². The van der Waals surface area contributed by atoms with Gasteiger partial charge in [-0.2, -0.15) is 0 Å². The number of ether oxygens (including phenoxy) is 1. The van der Waals surface area contributed by atoms with E-state index < -0.39 is 0 Å². The van der Waals surface area contributed by atoms with Gasteiger partial charge in [-0.05, 0) is 43.5 Å². The fourth-order valence-electron chi connectivity index (χ4n) is 1.99. The Labute approximate surface area is 113 Å². The van der Waals surface area contributed by atoms with E-state index in [1.165, 1.54) is 12.8 Å². The zero-order valence-electron chi connectivity index (χ0n) is 11.2. The first-order chi connectivity index (χ1) is 9.31. The zero-order valence-corrected chi connectivity index (χ0v) is 11.2. The molecule has 0 saturated heterocycles. The van der Waals surface area contributed by atoms with Crippen molar-refractivity contribution in [3.63, 3.8) is 0 Å². The summed E-state index contributed by atoms with van der Waals surface area (Å²) < 4.78 is 11.5. The van der Waals surface area contributed by atoms with Crippen LogP contribution in [-0.4, -0.2) is 6.04 Å². The summed E-state index contributed by atoms with van der Waals surface area (Å²) in [5.41, 5.74) is 1.14. The average molecular weight is 257 g/mol. The van der Waals surface area contributed by atoms with Crippen molar-refractivity contribution in [1.29, 1.82) is 0 Å². The molecular weight excluding hydrogens is 238 g/mol. The van der Waals surface area contributed by atoms with Gasteiger partial charge >= 0.3 is 0 Å². The molecule has 1 N–H and O–H groups in total. The quantitative estimate of drug-likeness (QED) is 0.861. The molecule has 100 valence electrons. The first-order valence-electron chi connectivity index (χ1n) is 6.80. The van der Waals surface area contributed by atoms with Gasteiger partial charge in [0.2, 0.25) is 0 Å². The van der Waals surface area contributed by atoms with Crippen LogP contribution in [0.4, 0.5) is 0 Å². The van der Waals surface area contributed by atoms with Crippen LogP contribution in [0.15, 0.2) is 40.8 Å². The van der Waals surface area contributed by atoms with Gasteiger partial charge in [0.05, 0.1) is 6.54 Å². The molecular formula is C16H19NO2. The van der Waals surface area contributed by atoms with Crippen molar-refractivity contribution in [1.82, 2.24) is 5.32 Å². The lowest BCUT2D eigenvalue weighted by atomic mass is 10.2. The number of rotatable bonds is 6. The van der Waals surface area contributed by atoms with E-state index in [0.717, 1.165) is 29.4 Å². The lowest BCUT2D eigenvalue weighted by molar-refractivity contribution is 0.263. The van der Waals surface area contributed by atoms with E-state index in [2.05, 4.69) is 5.32 Å². The Morgan fingerprint density at radius 3 is 2.74 bits per heavy atom. The van der Waals surface area contributed by atoms with E-state index in [9.17, 15) is 0 Å². The summed E-state index contributed by atoms with van der Waals surface area (Å²) in [6.45, 7) is 3.34. The summed E-state index contributed by atoms with van der Waals surface area (Å²) >= 11 is 0. The third-order valence-corrected chi connectivity index (χ3v) is 3.32. The maximum atomic E-state index is 5.76. The molecule has 2 aromatic rings. The molecule has 1 aliphatic rings. The van der Waals surface area contributed by atoms with E-state index in [-0.39, 0.29) is 0 Å². The molecule has 3 heteroatoms. The first kappa shape index (κ1) is 12.3. The predicted octanol–water partition coefficient (Wildman–Crippen LogP) is 3.42. The Kier molecular flexibility index (Phi) is 3.56. The number of hydrogen-bond acceptors (Lipinski definition) is 3. The summed E-state index contributed by atoms with van der Waals surface area (Å²) in [6, 6.07) is 12.7. The van der Waals surface area contributed by atoms with Gasteiger partial charge in [0.25, 0.3) is 0 Å². The first-order valence-corrected chi connectivity index (χ1v) is 6.80. The van der Waals surface area contributed by atoms with E-state index in [1.54, 1.807) is 0 Å². The van der Waals surface area contributed by atoms with Gasteiger partial charge in [-0.3, -0.25) is 0 Å². The second-order valence-electron chi connectivity index (χ2n) is 5.08. The summed E-state index contributed by atoms with van der Waals surface area (Å²) in [7, 11) is 0. The topological polar surface area (TPSA) is 34.4 Å². The highest BCUT2D eigenvalue weighted by Gasteiger charge is 2.20. The van der Waals surface area contributed by atoms with Crippen molar-refractivity contribution >= 4 is 0 Å². The van der Waals surface area contributed by atoms with Crippen molar-refractivity contribution in [2.75, 3.05) is 0 Å². The minimum Gasteiger partial charge on any atom is -0.485 e. The normalized spacial score (nSPS) is 14.6. The van der Waals surface area contributed by atoms with Crippen LogP contribution in [0.25, 0.3) is 0 Å². The van der Waals surface area contributed by atoms with Crippen LogP contribution in [0.5, 0.6) is 5.75 Å². The van der Waals surface area contributed by atoms with Gasteiger partial charge in [0.15, 0.2) is 0 Å². The molecule has 3 rings (SSSR count). The molecule has 0 amide bonds. The lowest BCUT2D eigenvalue weighted by Gasteiger charge is -2.06. The molecule has 1 fully saturated rings. The fourth-order valence-corrected chi connectivity index (χ4v) is 1.99. The molecule has 0 atom stereocenters. The van der Waals surface area contributed by atoms with Gasteiger partial charge < -0.3 is 14.5 Å². The standard InChI is InChI=1S/C16H19NO2/c1-12-4-2-3-5-16(12)18-11-15-9-8-14(19-15)10-17-13-6-7-13/h2-5,8-9,13,17H,6-7,10-11H2,1H3. The maximum Gasteiger partial charge on any atom is 0.146 e. The van der Waals surface area contributed by atoms with Crippen LogP contribution in [0.2, 0.25) is 0 Å². The molecule has 1 aromatic heterocycles. The zero-order chi connectivity index (χ0) is 13.1. The van der Waals surface area contributed by atoms with Gasteiger partial charge in [-0.15, -0.1) is 0 Å². The van der Waals surface area contributed by atoms with Crippen LogP contribution in [0.1, 0.15) is 29.9 Å². The van der Waals surface area contributed by atoms with Crippen LogP contribution < -0.4 is 10.1 Å². The predicted molar refractivity (Wildman–Crippen MR) is 74.1 cm³/mol. The molecule has 0 spiro atoms. The van der Waals surface area contributed by atoms with Crippen LogP contribution in [0.3, 0.4) is 0 Å². The van der Waals surface area contributed by atoms with Crippen LogP contribution in [0, 0.1) is 6.92 Å². The Hall–Kier alpha value is -1.74. The van der Waals surface area contributed by atoms with E-state index in [1.807, 2.05) is 43.3 Å². The van der Waals surface area contributed by atoms with Crippen molar-refractivity contribution in [2.45, 2.75) is 39.0 Å². The minimum absolute atomic E-state index is 0.480. The second-order valence-corrected chi connectivity index (χ2v) is 5.08. The maximum absolute atomic E-state index is 5.76. The molecule has 0 radical (unpaired) electrons. The van der Waals surface area contributed by atoms with E-state index >= 15 is 0 Å². The summed E-state index contributed by atoms with van der Waals surface area (Å²) in [4.78, 5) is 0. The molecule has 0 aliphatic heterocycles. The third kappa shape index (κ3) is 3.38. The van der Waals surface area contributed by atoms with Crippen LogP contribution in [-0.2, 0) is 13.2 Å². The molecule has 1 aromatic carbocycles. The molecule has 3 nitrogen and oxygen atoms in total. The van der Waals surface area contributed by atoms with E-state index in [0.29, 0.717) is 12.6 Å². The largest absolute Gasteiger partial charge is 0.485 e. The second kappa shape index (κ2) is 5.49. The van der Waals surface area contributed by atoms with Gasteiger partial charge in [0.1, 0.15) is 23.9 Å². The summed E-state index contributed by atoms with van der Waals surface area (Å²) in [6.07, 6.45) is 2.59. The molecule has 0 unspecified atom stereocenters. The highest BCUT2D eigenvalue weighted by molar-refractivity contribution is 5.31. The lowest BCUT2D eigenvalue weighted by Crippen LogP contribution is -2.14. The van der Waals surface area contributed by atoms with Gasteiger partial charge in [0, 0.05) is 6.04 Å². The number of para-hydroxylation sites is 1.